The zero-order valence-electron chi connectivity index (χ0n) is 13.6. The van der Waals surface area contributed by atoms with Crippen LogP contribution in [0, 0.1) is 13.8 Å². The minimum atomic E-state index is -0.514. The minimum Gasteiger partial charge on any atom is -0.464 e. The maximum Gasteiger partial charge on any atom is 0.340 e. The average Bonchev–Trinajstić information content (AvgIpc) is 2.91. The van der Waals surface area contributed by atoms with Crippen molar-refractivity contribution in [3.63, 3.8) is 0 Å². The Morgan fingerprint density at radius 3 is 2.75 bits per heavy atom. The third kappa shape index (κ3) is 2.92. The molecule has 2 N–H and O–H groups in total. The number of hydrogen-bond acceptors (Lipinski definition) is 5. The van der Waals surface area contributed by atoms with Gasteiger partial charge >= 0.3 is 5.63 Å². The van der Waals surface area contributed by atoms with Crippen molar-refractivity contribution in [1.29, 1.82) is 0 Å². The van der Waals surface area contributed by atoms with Crippen LogP contribution in [0.4, 0.5) is 0 Å². The largest absolute Gasteiger partial charge is 0.464 e. The number of amides is 1. The number of rotatable bonds is 5. The Bertz CT molecular complexity index is 967. The molecule has 0 aliphatic heterocycles. The standard InChI is InChI=1S/C18H19NO5/c1-10-9-23-15-8-16-13(6-12(10)15)11(2)14(18(22)24-16)7-17(21)19-4-3-5-20/h6,8-9,20H,3-5,7H2,1-2H3,(H,19,21). The number of aryl methyl sites for hydroxylation is 2. The first-order valence-corrected chi connectivity index (χ1v) is 7.83. The van der Waals surface area contributed by atoms with E-state index in [1.54, 1.807) is 12.3 Å². The minimum absolute atomic E-state index is 0.0114. The van der Waals surface area contributed by atoms with Crippen LogP contribution >= 0.6 is 0 Å². The maximum atomic E-state index is 12.2. The molecule has 0 fully saturated rings. The second kappa shape index (κ2) is 6.49. The van der Waals surface area contributed by atoms with E-state index in [9.17, 15) is 9.59 Å². The van der Waals surface area contributed by atoms with E-state index in [0.29, 0.717) is 29.7 Å². The van der Waals surface area contributed by atoms with Gasteiger partial charge in [-0.15, -0.1) is 0 Å². The maximum absolute atomic E-state index is 12.2. The van der Waals surface area contributed by atoms with Crippen molar-refractivity contribution in [1.82, 2.24) is 5.32 Å². The van der Waals surface area contributed by atoms with Gasteiger partial charge in [-0.3, -0.25) is 4.79 Å². The summed E-state index contributed by atoms with van der Waals surface area (Å²) >= 11 is 0. The average molecular weight is 329 g/mol. The number of hydrogen-bond donors (Lipinski definition) is 2. The summed E-state index contributed by atoms with van der Waals surface area (Å²) in [5.74, 6) is -0.265. The fraction of sp³-hybridized carbons (Fsp3) is 0.333. The van der Waals surface area contributed by atoms with Crippen LogP contribution in [0.3, 0.4) is 0 Å². The van der Waals surface area contributed by atoms with Crippen LogP contribution in [0.1, 0.15) is 23.1 Å². The molecule has 0 spiro atoms. The Hall–Kier alpha value is -2.60. The zero-order chi connectivity index (χ0) is 17.3. The molecule has 3 rings (SSSR count). The highest BCUT2D eigenvalue weighted by Crippen LogP contribution is 2.28. The number of carbonyl (C=O) groups excluding carboxylic acids is 1. The second-order valence-electron chi connectivity index (χ2n) is 5.86. The second-order valence-corrected chi connectivity index (χ2v) is 5.86. The lowest BCUT2D eigenvalue weighted by Crippen LogP contribution is -2.29. The Morgan fingerprint density at radius 1 is 1.21 bits per heavy atom. The molecule has 0 aliphatic rings. The van der Waals surface area contributed by atoms with Crippen molar-refractivity contribution >= 4 is 27.8 Å². The lowest BCUT2D eigenvalue weighted by atomic mass is 10.0. The molecule has 6 heteroatoms. The van der Waals surface area contributed by atoms with Gasteiger partial charge in [0.05, 0.1) is 18.2 Å². The van der Waals surface area contributed by atoms with Crippen molar-refractivity contribution < 1.29 is 18.7 Å². The summed E-state index contributed by atoms with van der Waals surface area (Å²) in [6, 6.07) is 3.63. The number of nitrogens with one attached hydrogen (secondary N) is 1. The number of benzene rings is 1. The zero-order valence-corrected chi connectivity index (χ0v) is 13.6. The van der Waals surface area contributed by atoms with Gasteiger partial charge in [-0.05, 0) is 37.5 Å². The lowest BCUT2D eigenvalue weighted by molar-refractivity contribution is -0.120. The molecule has 3 aromatic rings. The van der Waals surface area contributed by atoms with E-state index in [4.69, 9.17) is 13.9 Å². The molecule has 0 radical (unpaired) electrons. The SMILES string of the molecule is Cc1coc2cc3oc(=O)c(CC(=O)NCCCO)c(C)c3cc12. The molecule has 1 aromatic carbocycles. The van der Waals surface area contributed by atoms with Crippen molar-refractivity contribution in [3.05, 3.63) is 45.5 Å². The summed E-state index contributed by atoms with van der Waals surface area (Å²) in [6.45, 7) is 4.15. The molecule has 0 bridgehead atoms. The quantitative estimate of drug-likeness (QED) is 0.553. The van der Waals surface area contributed by atoms with Gasteiger partial charge in [0.1, 0.15) is 11.2 Å². The number of furan rings is 1. The first-order valence-electron chi connectivity index (χ1n) is 7.83. The fourth-order valence-corrected chi connectivity index (χ4v) is 2.77. The van der Waals surface area contributed by atoms with Crippen molar-refractivity contribution in [2.24, 2.45) is 0 Å². The van der Waals surface area contributed by atoms with Gasteiger partial charge in [-0.25, -0.2) is 4.79 Å². The lowest BCUT2D eigenvalue weighted by Gasteiger charge is -2.08. The van der Waals surface area contributed by atoms with Gasteiger partial charge in [0, 0.05) is 30.0 Å². The van der Waals surface area contributed by atoms with Crippen molar-refractivity contribution in [2.75, 3.05) is 13.2 Å². The van der Waals surface area contributed by atoms with Crippen LogP contribution in [0.2, 0.25) is 0 Å². The highest BCUT2D eigenvalue weighted by Gasteiger charge is 2.16. The highest BCUT2D eigenvalue weighted by atomic mass is 16.4. The molecular formula is C18H19NO5. The third-order valence-electron chi connectivity index (χ3n) is 4.17. The number of fused-ring (bicyclic) bond motifs is 2. The van der Waals surface area contributed by atoms with E-state index < -0.39 is 5.63 Å². The molecule has 0 saturated heterocycles. The van der Waals surface area contributed by atoms with Crippen LogP contribution in [-0.4, -0.2) is 24.2 Å². The van der Waals surface area contributed by atoms with Gasteiger partial charge in [-0.1, -0.05) is 0 Å². The van der Waals surface area contributed by atoms with E-state index in [0.717, 1.165) is 21.9 Å². The van der Waals surface area contributed by atoms with Gasteiger partial charge in [0.15, 0.2) is 0 Å². The van der Waals surface area contributed by atoms with E-state index in [-0.39, 0.29) is 18.9 Å². The molecular weight excluding hydrogens is 310 g/mol. The number of aliphatic hydroxyl groups is 1. The monoisotopic (exact) mass is 329 g/mol. The summed E-state index contributed by atoms with van der Waals surface area (Å²) in [7, 11) is 0. The molecule has 0 atom stereocenters. The summed E-state index contributed by atoms with van der Waals surface area (Å²) < 4.78 is 10.8. The Morgan fingerprint density at radius 2 is 2.00 bits per heavy atom. The Kier molecular flexibility index (Phi) is 4.40. The van der Waals surface area contributed by atoms with Crippen LogP contribution < -0.4 is 10.9 Å². The van der Waals surface area contributed by atoms with Crippen LogP contribution in [-0.2, 0) is 11.2 Å². The number of carbonyl (C=O) groups is 1. The Labute approximate surface area is 138 Å². The van der Waals surface area contributed by atoms with Crippen LogP contribution in [0.5, 0.6) is 0 Å². The molecule has 6 nitrogen and oxygen atoms in total. The normalized spacial score (nSPS) is 11.3. The molecule has 24 heavy (non-hydrogen) atoms. The van der Waals surface area contributed by atoms with Crippen molar-refractivity contribution in [2.45, 2.75) is 26.7 Å². The van der Waals surface area contributed by atoms with E-state index in [1.807, 2.05) is 19.9 Å². The van der Waals surface area contributed by atoms with Crippen LogP contribution in [0.15, 0.2) is 32.0 Å². The molecule has 0 unspecified atom stereocenters. The molecule has 2 aromatic heterocycles. The first kappa shape index (κ1) is 16.3. The van der Waals surface area contributed by atoms with Crippen LogP contribution in [0.25, 0.3) is 21.9 Å². The molecule has 1 amide bonds. The Balaban J connectivity index is 2.02. The summed E-state index contributed by atoms with van der Waals surface area (Å²) in [5, 5.41) is 13.2. The van der Waals surface area contributed by atoms with Gasteiger partial charge in [0.25, 0.3) is 0 Å². The molecule has 0 aliphatic carbocycles. The van der Waals surface area contributed by atoms with Gasteiger partial charge in [0.2, 0.25) is 5.91 Å². The predicted molar refractivity (Wildman–Crippen MR) is 90.1 cm³/mol. The van der Waals surface area contributed by atoms with E-state index in [1.165, 1.54) is 0 Å². The fourth-order valence-electron chi connectivity index (χ4n) is 2.77. The topological polar surface area (TPSA) is 92.7 Å². The summed E-state index contributed by atoms with van der Waals surface area (Å²) in [4.78, 5) is 24.2. The van der Waals surface area contributed by atoms with Gasteiger partial charge < -0.3 is 19.3 Å². The molecule has 126 valence electrons. The smallest absolute Gasteiger partial charge is 0.340 e. The molecule has 2 heterocycles. The van der Waals surface area contributed by atoms with E-state index in [2.05, 4.69) is 5.32 Å². The predicted octanol–water partition coefficient (Wildman–Crippen LogP) is 2.20. The summed E-state index contributed by atoms with van der Waals surface area (Å²) in [5.41, 5.74) is 2.69. The first-order chi connectivity index (χ1) is 11.5. The highest BCUT2D eigenvalue weighted by molar-refractivity contribution is 5.96. The van der Waals surface area contributed by atoms with Gasteiger partial charge in [-0.2, -0.15) is 0 Å². The van der Waals surface area contributed by atoms with E-state index >= 15 is 0 Å². The van der Waals surface area contributed by atoms with Crippen molar-refractivity contribution in [3.8, 4) is 0 Å². The third-order valence-corrected chi connectivity index (χ3v) is 4.17. The number of aliphatic hydroxyl groups excluding tert-OH is 1. The summed E-state index contributed by atoms with van der Waals surface area (Å²) in [6.07, 6.45) is 2.10. The molecule has 0 saturated carbocycles.